The molecule has 3 amide bonds. The Morgan fingerprint density at radius 1 is 1.14 bits per heavy atom. The highest BCUT2D eigenvalue weighted by molar-refractivity contribution is 5.90. The highest BCUT2D eigenvalue weighted by atomic mass is 16.6. The Kier molecular flexibility index (Phi) is 7.84. The van der Waals surface area contributed by atoms with Crippen LogP contribution in [0, 0.1) is 11.3 Å². The second-order valence-corrected chi connectivity index (χ2v) is 9.38. The number of alkyl carbamates (subject to hydrolysis) is 1. The summed E-state index contributed by atoms with van der Waals surface area (Å²) in [6, 6.07) is -2.18. The molecule has 1 aliphatic rings. The number of carboxylic acids is 1. The molecule has 1 saturated heterocycles. The first-order valence-corrected chi connectivity index (χ1v) is 9.48. The lowest BCUT2D eigenvalue weighted by atomic mass is 9.87. The lowest BCUT2D eigenvalue weighted by molar-refractivity contribution is -0.143. The number of nitrogens with one attached hydrogen (secondary N) is 3. The zero-order valence-electron chi connectivity index (χ0n) is 17.5. The van der Waals surface area contributed by atoms with Crippen molar-refractivity contribution in [3.8, 4) is 0 Å². The summed E-state index contributed by atoms with van der Waals surface area (Å²) in [4.78, 5) is 48.2. The van der Waals surface area contributed by atoms with Crippen molar-refractivity contribution in [2.45, 2.75) is 78.5 Å². The monoisotopic (exact) mass is 399 g/mol. The summed E-state index contributed by atoms with van der Waals surface area (Å²) in [5.41, 5.74) is -1.03. The molecule has 0 saturated carbocycles. The fourth-order valence-electron chi connectivity index (χ4n) is 2.92. The van der Waals surface area contributed by atoms with Gasteiger partial charge in [-0.15, -0.1) is 0 Å². The number of hydrogen-bond acceptors (Lipinski definition) is 5. The van der Waals surface area contributed by atoms with E-state index in [1.165, 1.54) is 0 Å². The summed E-state index contributed by atoms with van der Waals surface area (Å²) in [5.74, 6) is -2.51. The highest BCUT2D eigenvalue weighted by Crippen LogP contribution is 2.22. The molecule has 4 N–H and O–H groups in total. The van der Waals surface area contributed by atoms with Crippen molar-refractivity contribution in [2.24, 2.45) is 11.3 Å². The molecule has 0 aromatic heterocycles. The fourth-order valence-corrected chi connectivity index (χ4v) is 2.92. The van der Waals surface area contributed by atoms with Crippen LogP contribution >= 0.6 is 0 Å². The standard InChI is InChI=1S/C19H33N3O6/c1-18(2,3)10-13(22-17(27)28-19(4,5)6)15(24)21-12(16(25)26)9-11-7-8-20-14(11)23/h11-13H,7-10H2,1-6H3,(H,20,23)(H,21,24)(H,22,27)(H,25,26)/t11-,12-,13-/m0/s1. The molecule has 1 rings (SSSR count). The fraction of sp³-hybridized carbons (Fsp3) is 0.789. The summed E-state index contributed by atoms with van der Waals surface area (Å²) in [6.07, 6.45) is 0.0645. The van der Waals surface area contributed by atoms with Crippen molar-refractivity contribution in [3.05, 3.63) is 0 Å². The van der Waals surface area contributed by atoms with Gasteiger partial charge in [0.05, 0.1) is 0 Å². The van der Waals surface area contributed by atoms with Crippen molar-refractivity contribution in [2.75, 3.05) is 6.54 Å². The minimum atomic E-state index is -1.22. The molecule has 0 radical (unpaired) electrons. The molecular weight excluding hydrogens is 366 g/mol. The van der Waals surface area contributed by atoms with E-state index in [9.17, 15) is 24.3 Å². The Hall–Kier alpha value is -2.32. The predicted molar refractivity (Wildman–Crippen MR) is 103 cm³/mol. The molecule has 1 heterocycles. The van der Waals surface area contributed by atoms with E-state index < -0.39 is 41.6 Å². The summed E-state index contributed by atoms with van der Waals surface area (Å²) in [6.45, 7) is 11.3. The van der Waals surface area contributed by atoms with E-state index in [0.717, 1.165) is 0 Å². The molecular formula is C19H33N3O6. The lowest BCUT2D eigenvalue weighted by Gasteiger charge is -2.28. The minimum absolute atomic E-state index is 0.00157. The number of carbonyl (C=O) groups is 4. The molecule has 0 aromatic rings. The molecule has 160 valence electrons. The van der Waals surface area contributed by atoms with Gasteiger partial charge >= 0.3 is 12.1 Å². The van der Waals surface area contributed by atoms with E-state index in [-0.39, 0.29) is 24.2 Å². The number of amides is 3. The Balaban J connectivity index is 2.85. The van der Waals surface area contributed by atoms with Crippen LogP contribution in [0.1, 0.15) is 60.8 Å². The van der Waals surface area contributed by atoms with Gasteiger partial charge in [0.1, 0.15) is 17.7 Å². The smallest absolute Gasteiger partial charge is 0.408 e. The number of rotatable bonds is 7. The van der Waals surface area contributed by atoms with Crippen LogP contribution in [0.2, 0.25) is 0 Å². The molecule has 9 heteroatoms. The first-order chi connectivity index (χ1) is 12.7. The van der Waals surface area contributed by atoms with Crippen LogP contribution in [-0.4, -0.2) is 53.2 Å². The van der Waals surface area contributed by atoms with E-state index in [1.54, 1.807) is 20.8 Å². The lowest BCUT2D eigenvalue weighted by Crippen LogP contribution is -2.53. The molecule has 1 fully saturated rings. The normalized spacial score (nSPS) is 19.4. The number of ether oxygens (including phenoxy) is 1. The maximum absolute atomic E-state index is 12.7. The molecule has 0 spiro atoms. The molecule has 0 aromatic carbocycles. The van der Waals surface area contributed by atoms with Crippen molar-refractivity contribution in [1.29, 1.82) is 0 Å². The summed E-state index contributed by atoms with van der Waals surface area (Å²) in [7, 11) is 0. The van der Waals surface area contributed by atoms with Gasteiger partial charge in [-0.05, 0) is 45.4 Å². The molecule has 0 bridgehead atoms. The van der Waals surface area contributed by atoms with Crippen molar-refractivity contribution in [1.82, 2.24) is 16.0 Å². The summed E-state index contributed by atoms with van der Waals surface area (Å²) >= 11 is 0. The van der Waals surface area contributed by atoms with Gasteiger partial charge in [0.15, 0.2) is 0 Å². The Morgan fingerprint density at radius 2 is 1.75 bits per heavy atom. The Bertz CT molecular complexity index is 606. The third-order valence-corrected chi connectivity index (χ3v) is 4.12. The van der Waals surface area contributed by atoms with Crippen molar-refractivity contribution in [3.63, 3.8) is 0 Å². The second-order valence-electron chi connectivity index (χ2n) is 9.38. The van der Waals surface area contributed by atoms with Crippen LogP contribution in [0.25, 0.3) is 0 Å². The Labute approximate surface area is 166 Å². The molecule has 9 nitrogen and oxygen atoms in total. The third-order valence-electron chi connectivity index (χ3n) is 4.12. The van der Waals surface area contributed by atoms with Crippen molar-refractivity contribution >= 4 is 23.9 Å². The SMILES string of the molecule is CC(C)(C)C[C@H](NC(=O)OC(C)(C)C)C(=O)N[C@@H](C[C@@H]1CCNC1=O)C(=O)O. The zero-order chi connectivity index (χ0) is 21.7. The van der Waals surface area contributed by atoms with Crippen LogP contribution in [-0.2, 0) is 19.1 Å². The summed E-state index contributed by atoms with van der Waals surface area (Å²) in [5, 5.41) is 17.1. The topological polar surface area (TPSA) is 134 Å². The van der Waals surface area contributed by atoms with Crippen LogP contribution in [0.5, 0.6) is 0 Å². The Morgan fingerprint density at radius 3 is 2.18 bits per heavy atom. The maximum atomic E-state index is 12.7. The predicted octanol–water partition coefficient (Wildman–Crippen LogP) is 1.41. The highest BCUT2D eigenvalue weighted by Gasteiger charge is 2.34. The van der Waals surface area contributed by atoms with Crippen LogP contribution in [0.15, 0.2) is 0 Å². The molecule has 0 unspecified atom stereocenters. The van der Waals surface area contributed by atoms with Gasteiger partial charge in [0.2, 0.25) is 11.8 Å². The van der Waals surface area contributed by atoms with Gasteiger partial charge in [-0.1, -0.05) is 20.8 Å². The van der Waals surface area contributed by atoms with E-state index >= 15 is 0 Å². The average Bonchev–Trinajstić information content (AvgIpc) is 2.87. The van der Waals surface area contributed by atoms with E-state index in [2.05, 4.69) is 16.0 Å². The van der Waals surface area contributed by atoms with Gasteiger partial charge in [-0.25, -0.2) is 9.59 Å². The van der Waals surface area contributed by atoms with Crippen LogP contribution < -0.4 is 16.0 Å². The number of carboxylic acid groups (broad SMARTS) is 1. The number of carbonyl (C=O) groups excluding carboxylic acids is 3. The quantitative estimate of drug-likeness (QED) is 0.511. The first-order valence-electron chi connectivity index (χ1n) is 9.48. The number of hydrogen-bond donors (Lipinski definition) is 4. The van der Waals surface area contributed by atoms with E-state index in [1.807, 2.05) is 20.8 Å². The second kappa shape index (κ2) is 9.25. The molecule has 0 aliphatic carbocycles. The van der Waals surface area contributed by atoms with E-state index in [4.69, 9.17) is 4.74 Å². The van der Waals surface area contributed by atoms with Crippen LogP contribution in [0.4, 0.5) is 4.79 Å². The zero-order valence-corrected chi connectivity index (χ0v) is 17.5. The minimum Gasteiger partial charge on any atom is -0.480 e. The van der Waals surface area contributed by atoms with Gasteiger partial charge in [0.25, 0.3) is 0 Å². The summed E-state index contributed by atoms with van der Waals surface area (Å²) < 4.78 is 5.21. The third kappa shape index (κ3) is 8.58. The molecule has 3 atom stereocenters. The van der Waals surface area contributed by atoms with Gasteiger partial charge in [-0.2, -0.15) is 0 Å². The maximum Gasteiger partial charge on any atom is 0.408 e. The molecule has 1 aliphatic heterocycles. The van der Waals surface area contributed by atoms with Gasteiger partial charge < -0.3 is 25.8 Å². The largest absolute Gasteiger partial charge is 0.480 e. The molecule has 28 heavy (non-hydrogen) atoms. The van der Waals surface area contributed by atoms with Gasteiger partial charge in [0, 0.05) is 12.5 Å². The number of aliphatic carboxylic acids is 1. The van der Waals surface area contributed by atoms with Crippen LogP contribution in [0.3, 0.4) is 0 Å². The average molecular weight is 399 g/mol. The van der Waals surface area contributed by atoms with Crippen molar-refractivity contribution < 1.29 is 29.0 Å². The van der Waals surface area contributed by atoms with Gasteiger partial charge in [-0.3, -0.25) is 9.59 Å². The van der Waals surface area contributed by atoms with E-state index in [0.29, 0.717) is 13.0 Å². The first kappa shape index (κ1) is 23.7.